The predicted octanol–water partition coefficient (Wildman–Crippen LogP) is 4.08. The zero-order chi connectivity index (χ0) is 20.1. The Morgan fingerprint density at radius 3 is 2.48 bits per heavy atom. The molecule has 1 amide bonds. The fraction of sp³-hybridized carbons (Fsp3) is 0.526. The largest absolute Gasteiger partial charge is 0.497 e. The summed E-state index contributed by atoms with van der Waals surface area (Å²) < 4.78 is 56.0. The van der Waals surface area contributed by atoms with E-state index >= 15 is 0 Å². The van der Waals surface area contributed by atoms with Gasteiger partial charge in [0, 0.05) is 12.3 Å². The highest BCUT2D eigenvalue weighted by Crippen LogP contribution is 2.33. The third-order valence-electron chi connectivity index (χ3n) is 4.43. The van der Waals surface area contributed by atoms with E-state index < -0.39 is 23.9 Å². The lowest BCUT2D eigenvalue weighted by atomic mass is 9.99. The van der Waals surface area contributed by atoms with Crippen molar-refractivity contribution in [2.45, 2.75) is 44.2 Å². The third kappa shape index (κ3) is 5.23. The molecule has 1 fully saturated rings. The van der Waals surface area contributed by atoms with Gasteiger partial charge in [0.25, 0.3) is 0 Å². The molecule has 5 nitrogen and oxygen atoms in total. The van der Waals surface area contributed by atoms with Crippen molar-refractivity contribution in [1.82, 2.24) is 0 Å². The molecule has 2 atom stereocenters. The number of benzene rings is 1. The van der Waals surface area contributed by atoms with Crippen LogP contribution in [0.1, 0.15) is 26.2 Å². The maximum absolute atomic E-state index is 13.3. The molecule has 150 valence electrons. The van der Waals surface area contributed by atoms with E-state index in [-0.39, 0.29) is 12.3 Å². The minimum Gasteiger partial charge on any atom is -0.497 e. The molecule has 0 N–H and O–H groups in total. The summed E-state index contributed by atoms with van der Waals surface area (Å²) >= 11 is 0. The van der Waals surface area contributed by atoms with Crippen molar-refractivity contribution in [2.24, 2.45) is 0 Å². The lowest BCUT2D eigenvalue weighted by Crippen LogP contribution is -2.56. The second kappa shape index (κ2) is 8.75. The predicted molar refractivity (Wildman–Crippen MR) is 94.7 cm³/mol. The van der Waals surface area contributed by atoms with Gasteiger partial charge in [-0.05, 0) is 50.5 Å². The average Bonchev–Trinajstić information content (AvgIpc) is 2.67. The first-order valence-corrected chi connectivity index (χ1v) is 8.63. The first-order valence-electron chi connectivity index (χ1n) is 8.63. The minimum atomic E-state index is -5.05. The van der Waals surface area contributed by atoms with E-state index in [2.05, 4.69) is 6.58 Å². The number of halogens is 3. The number of hydrogen-bond acceptors (Lipinski definition) is 4. The van der Waals surface area contributed by atoms with Crippen LogP contribution >= 0.6 is 0 Å². The Hall–Kier alpha value is -2.06. The van der Waals surface area contributed by atoms with Gasteiger partial charge in [-0.1, -0.05) is 6.08 Å². The smallest absolute Gasteiger partial charge is 0.471 e. The van der Waals surface area contributed by atoms with Gasteiger partial charge in [-0.15, -0.1) is 6.58 Å². The molecule has 2 rings (SSSR count). The van der Waals surface area contributed by atoms with E-state index in [4.69, 9.17) is 14.2 Å². The maximum atomic E-state index is 13.3. The highest BCUT2D eigenvalue weighted by Gasteiger charge is 2.48. The van der Waals surface area contributed by atoms with Gasteiger partial charge in [-0.2, -0.15) is 13.2 Å². The number of nitrogens with zero attached hydrogens (tertiary/aromatic N) is 1. The van der Waals surface area contributed by atoms with E-state index in [1.807, 2.05) is 0 Å². The number of alkyl halides is 3. The molecular weight excluding hydrogens is 363 g/mol. The third-order valence-corrected chi connectivity index (χ3v) is 4.43. The van der Waals surface area contributed by atoms with Crippen LogP contribution in [0.15, 0.2) is 36.9 Å². The molecule has 1 aliphatic heterocycles. The molecule has 1 aliphatic rings. The van der Waals surface area contributed by atoms with E-state index in [1.54, 1.807) is 0 Å². The van der Waals surface area contributed by atoms with E-state index in [0.29, 0.717) is 23.7 Å². The Labute approximate surface area is 156 Å². The van der Waals surface area contributed by atoms with Gasteiger partial charge < -0.3 is 14.2 Å². The van der Waals surface area contributed by atoms with E-state index in [0.717, 1.165) is 12.8 Å². The van der Waals surface area contributed by atoms with Crippen LogP contribution in [0.2, 0.25) is 0 Å². The molecule has 0 radical (unpaired) electrons. The summed E-state index contributed by atoms with van der Waals surface area (Å²) in [5.41, 5.74) is -1.36. The molecule has 1 unspecified atom stereocenters. The van der Waals surface area contributed by atoms with Crippen LogP contribution in [0, 0.1) is 0 Å². The lowest BCUT2D eigenvalue weighted by Gasteiger charge is -2.40. The number of methoxy groups -OCH3 is 1. The van der Waals surface area contributed by atoms with Crippen molar-refractivity contribution in [3.05, 3.63) is 36.9 Å². The molecule has 27 heavy (non-hydrogen) atoms. The lowest BCUT2D eigenvalue weighted by molar-refractivity contribution is -0.177. The van der Waals surface area contributed by atoms with Gasteiger partial charge in [-0.25, -0.2) is 0 Å². The molecular formula is C19H24F3NO4. The monoisotopic (exact) mass is 387 g/mol. The summed E-state index contributed by atoms with van der Waals surface area (Å²) in [5.74, 6) is -1.53. The number of anilines is 1. The van der Waals surface area contributed by atoms with Crippen molar-refractivity contribution in [3.63, 3.8) is 0 Å². The van der Waals surface area contributed by atoms with Gasteiger partial charge in [0.2, 0.25) is 0 Å². The standard InChI is InChI=1S/C19H24F3NO4/c1-4-18(2,13-27-16-7-5-6-12-26-16)23(17(24)19(20,21)22)14-8-10-15(25-3)11-9-14/h4,8-11,16H,1,5-7,12-13H2,2-3H3/t16?,18-/m1/s1. The average molecular weight is 387 g/mol. The van der Waals surface area contributed by atoms with Crippen molar-refractivity contribution in [1.29, 1.82) is 0 Å². The number of carbonyl (C=O) groups is 1. The SMILES string of the molecule is C=C[C@](C)(COC1CCCCO1)N(C(=O)C(F)(F)F)c1ccc(OC)cc1. The van der Waals surface area contributed by atoms with Crippen molar-refractivity contribution in [2.75, 3.05) is 25.2 Å². The van der Waals surface area contributed by atoms with Gasteiger partial charge in [0.15, 0.2) is 6.29 Å². The van der Waals surface area contributed by atoms with Gasteiger partial charge in [-0.3, -0.25) is 9.69 Å². The van der Waals surface area contributed by atoms with Gasteiger partial charge in [0.05, 0.1) is 19.3 Å². The molecule has 1 saturated heterocycles. The Morgan fingerprint density at radius 2 is 2.00 bits per heavy atom. The van der Waals surface area contributed by atoms with Crippen LogP contribution in [-0.4, -0.2) is 44.2 Å². The summed E-state index contributed by atoms with van der Waals surface area (Å²) in [4.78, 5) is 12.9. The summed E-state index contributed by atoms with van der Waals surface area (Å²) in [6.07, 6.45) is -1.78. The second-order valence-electron chi connectivity index (χ2n) is 6.50. The number of carbonyl (C=O) groups excluding carboxylic acids is 1. The fourth-order valence-corrected chi connectivity index (χ4v) is 2.82. The molecule has 1 aromatic carbocycles. The van der Waals surface area contributed by atoms with Crippen LogP contribution in [-0.2, 0) is 14.3 Å². The number of hydrogen-bond donors (Lipinski definition) is 0. The Bertz CT molecular complexity index is 641. The zero-order valence-corrected chi connectivity index (χ0v) is 15.4. The van der Waals surface area contributed by atoms with Gasteiger partial charge in [0.1, 0.15) is 5.75 Å². The van der Waals surface area contributed by atoms with E-state index in [9.17, 15) is 18.0 Å². The van der Waals surface area contributed by atoms with Crippen LogP contribution < -0.4 is 9.64 Å². The highest BCUT2D eigenvalue weighted by molar-refractivity contribution is 5.99. The second-order valence-corrected chi connectivity index (χ2v) is 6.50. The number of ether oxygens (including phenoxy) is 3. The molecule has 0 spiro atoms. The van der Waals surface area contributed by atoms with Gasteiger partial charge >= 0.3 is 12.1 Å². The highest BCUT2D eigenvalue weighted by atomic mass is 19.4. The number of rotatable bonds is 7. The summed E-state index contributed by atoms with van der Waals surface area (Å²) in [5, 5.41) is 0. The molecule has 1 aromatic rings. The van der Waals surface area contributed by atoms with E-state index in [1.165, 1.54) is 44.4 Å². The molecule has 0 bridgehead atoms. The first kappa shape index (κ1) is 21.2. The molecule has 0 saturated carbocycles. The van der Waals surface area contributed by atoms with Crippen LogP contribution in [0.5, 0.6) is 5.75 Å². The fourth-order valence-electron chi connectivity index (χ4n) is 2.82. The molecule has 0 aromatic heterocycles. The Morgan fingerprint density at radius 1 is 1.33 bits per heavy atom. The maximum Gasteiger partial charge on any atom is 0.471 e. The summed E-state index contributed by atoms with van der Waals surface area (Å²) in [7, 11) is 1.44. The normalized spacial score (nSPS) is 19.8. The van der Waals surface area contributed by atoms with Crippen molar-refractivity contribution in [3.8, 4) is 5.75 Å². The minimum absolute atomic E-state index is 0.0636. The Kier molecular flexibility index (Phi) is 6.89. The zero-order valence-electron chi connectivity index (χ0n) is 15.4. The molecule has 1 heterocycles. The topological polar surface area (TPSA) is 48.0 Å². The van der Waals surface area contributed by atoms with Crippen LogP contribution in [0.3, 0.4) is 0 Å². The Balaban J connectivity index is 2.32. The molecule has 0 aliphatic carbocycles. The van der Waals surface area contributed by atoms with Crippen molar-refractivity contribution >= 4 is 11.6 Å². The molecule has 8 heteroatoms. The number of amides is 1. The van der Waals surface area contributed by atoms with Crippen LogP contribution in [0.4, 0.5) is 18.9 Å². The summed E-state index contributed by atoms with van der Waals surface area (Å²) in [6.45, 7) is 5.46. The van der Waals surface area contributed by atoms with Crippen LogP contribution in [0.25, 0.3) is 0 Å². The summed E-state index contributed by atoms with van der Waals surface area (Å²) in [6, 6.07) is 5.75. The first-order chi connectivity index (χ1) is 12.7. The van der Waals surface area contributed by atoms with Crippen molar-refractivity contribution < 1.29 is 32.2 Å². The quantitative estimate of drug-likeness (QED) is 0.662.